The van der Waals surface area contributed by atoms with Gasteiger partial charge in [-0.25, -0.2) is 13.6 Å². The van der Waals surface area contributed by atoms with Crippen molar-refractivity contribution < 1.29 is 27.8 Å². The molecule has 0 radical (unpaired) electrons. The zero-order valence-electron chi connectivity index (χ0n) is 15.4. The lowest BCUT2D eigenvalue weighted by Gasteiger charge is -2.38. The molecule has 0 aromatic heterocycles. The van der Waals surface area contributed by atoms with Gasteiger partial charge in [-0.15, -0.1) is 0 Å². The molecule has 144 valence electrons. The molecule has 1 aliphatic heterocycles. The van der Waals surface area contributed by atoms with Crippen LogP contribution in [0, 0.1) is 17.0 Å². The molecule has 0 amide bonds. The van der Waals surface area contributed by atoms with E-state index in [4.69, 9.17) is 15.2 Å². The predicted octanol–water partition coefficient (Wildman–Crippen LogP) is 3.46. The number of carbonyl (C=O) groups excluding carboxylic acids is 2. The van der Waals surface area contributed by atoms with Crippen molar-refractivity contribution in [1.82, 2.24) is 0 Å². The van der Waals surface area contributed by atoms with E-state index >= 15 is 0 Å². The van der Waals surface area contributed by atoms with Gasteiger partial charge >= 0.3 is 5.97 Å². The molecule has 3 rings (SSSR count). The molecule has 0 unspecified atom stereocenters. The number of Topliss-reactive ketones (excluding diaryl/α,β-unsaturated/α-hetero) is 1. The molecule has 2 N–H and O–H groups in total. The highest BCUT2D eigenvalue weighted by molar-refractivity contribution is 6.03. The highest BCUT2D eigenvalue weighted by Crippen LogP contribution is 2.48. The van der Waals surface area contributed by atoms with Crippen LogP contribution in [0.5, 0.6) is 0 Å². The van der Waals surface area contributed by atoms with Gasteiger partial charge in [0.1, 0.15) is 23.0 Å². The van der Waals surface area contributed by atoms with Crippen molar-refractivity contribution in [3.8, 4) is 0 Å². The fourth-order valence-electron chi connectivity index (χ4n) is 3.64. The Bertz CT molecular complexity index is 886. The number of rotatable bonds is 3. The van der Waals surface area contributed by atoms with E-state index in [9.17, 15) is 18.4 Å². The average Bonchev–Trinajstić information content (AvgIpc) is 2.52. The lowest BCUT2D eigenvalue weighted by molar-refractivity contribution is -0.139. The number of allylic oxidation sites excluding steroid dienone is 2. The van der Waals surface area contributed by atoms with Crippen LogP contribution < -0.4 is 5.73 Å². The summed E-state index contributed by atoms with van der Waals surface area (Å²) in [6.07, 6.45) is 0.620. The van der Waals surface area contributed by atoms with Crippen molar-refractivity contribution in [3.05, 3.63) is 58.2 Å². The Hall–Kier alpha value is -2.70. The standard InChI is InChI=1S/C20H21F2NO4/c1-4-26-19(25)17-15(11-6-5-10(21)7-12(11)22)16-13(24)8-20(2,3)9-14(16)27-18(17)23/h5-7,15H,4,8-9,23H2,1-3H3/t15-/m0/s1. The Kier molecular flexibility index (Phi) is 4.80. The SMILES string of the molecule is CCOC(=O)C1=C(N)OC2=C(C(=O)CC(C)(C)C2)[C@@H]1c1ccc(F)cc1F. The third-order valence-corrected chi connectivity index (χ3v) is 4.72. The van der Waals surface area contributed by atoms with E-state index in [1.54, 1.807) is 6.92 Å². The summed E-state index contributed by atoms with van der Waals surface area (Å²) in [5, 5.41) is 0. The van der Waals surface area contributed by atoms with Crippen LogP contribution in [0.1, 0.15) is 45.1 Å². The van der Waals surface area contributed by atoms with E-state index in [1.165, 1.54) is 6.07 Å². The molecule has 0 bridgehead atoms. The molecule has 2 aliphatic rings. The summed E-state index contributed by atoms with van der Waals surface area (Å²) < 4.78 is 38.6. The summed E-state index contributed by atoms with van der Waals surface area (Å²) in [5.41, 5.74) is 5.63. The Balaban J connectivity index is 2.22. The van der Waals surface area contributed by atoms with Crippen LogP contribution in [-0.4, -0.2) is 18.4 Å². The number of nitrogens with two attached hydrogens (primary N) is 1. The second kappa shape index (κ2) is 6.79. The highest BCUT2D eigenvalue weighted by Gasteiger charge is 2.45. The van der Waals surface area contributed by atoms with Crippen LogP contribution in [0.15, 0.2) is 41.0 Å². The number of halogens is 2. The van der Waals surface area contributed by atoms with Crippen LogP contribution in [0.25, 0.3) is 0 Å². The van der Waals surface area contributed by atoms with Gasteiger partial charge in [0.25, 0.3) is 0 Å². The van der Waals surface area contributed by atoms with Gasteiger partial charge in [-0.1, -0.05) is 19.9 Å². The van der Waals surface area contributed by atoms with Crippen molar-refractivity contribution in [2.24, 2.45) is 11.1 Å². The van der Waals surface area contributed by atoms with E-state index in [1.807, 2.05) is 13.8 Å². The van der Waals surface area contributed by atoms with E-state index < -0.39 is 23.5 Å². The molecule has 7 heteroatoms. The maximum absolute atomic E-state index is 14.6. The molecule has 27 heavy (non-hydrogen) atoms. The summed E-state index contributed by atoms with van der Waals surface area (Å²) >= 11 is 0. The second-order valence-electron chi connectivity index (χ2n) is 7.48. The van der Waals surface area contributed by atoms with Crippen molar-refractivity contribution in [3.63, 3.8) is 0 Å². The van der Waals surface area contributed by atoms with Crippen LogP contribution in [0.4, 0.5) is 8.78 Å². The van der Waals surface area contributed by atoms with Crippen LogP contribution >= 0.6 is 0 Å². The minimum absolute atomic E-state index is 0.0220. The van der Waals surface area contributed by atoms with Gasteiger partial charge in [-0.05, 0) is 18.4 Å². The first-order chi connectivity index (χ1) is 12.6. The summed E-state index contributed by atoms with van der Waals surface area (Å²) in [6.45, 7) is 5.50. The van der Waals surface area contributed by atoms with E-state index in [-0.39, 0.29) is 46.8 Å². The molecule has 1 heterocycles. The van der Waals surface area contributed by atoms with Gasteiger partial charge in [0.05, 0.1) is 12.5 Å². The summed E-state index contributed by atoms with van der Waals surface area (Å²) in [6, 6.07) is 3.00. The zero-order valence-corrected chi connectivity index (χ0v) is 15.4. The lowest BCUT2D eigenvalue weighted by atomic mass is 9.70. The molecule has 0 spiro atoms. The number of ether oxygens (including phenoxy) is 2. The quantitative estimate of drug-likeness (QED) is 0.816. The first-order valence-electron chi connectivity index (χ1n) is 8.70. The molecule has 5 nitrogen and oxygen atoms in total. The lowest BCUT2D eigenvalue weighted by Crippen LogP contribution is -2.36. The number of carbonyl (C=O) groups is 2. The zero-order chi connectivity index (χ0) is 19.9. The third-order valence-electron chi connectivity index (χ3n) is 4.72. The van der Waals surface area contributed by atoms with Crippen molar-refractivity contribution in [1.29, 1.82) is 0 Å². The van der Waals surface area contributed by atoms with Crippen molar-refractivity contribution in [2.45, 2.75) is 39.5 Å². The smallest absolute Gasteiger partial charge is 0.340 e. The Morgan fingerprint density at radius 3 is 2.67 bits per heavy atom. The fourth-order valence-corrected chi connectivity index (χ4v) is 3.64. The van der Waals surface area contributed by atoms with E-state index in [0.717, 1.165) is 6.07 Å². The Morgan fingerprint density at radius 2 is 2.04 bits per heavy atom. The minimum atomic E-state index is -1.10. The van der Waals surface area contributed by atoms with E-state index in [0.29, 0.717) is 18.2 Å². The number of benzene rings is 1. The number of esters is 1. The van der Waals surface area contributed by atoms with Crippen LogP contribution in [-0.2, 0) is 19.1 Å². The molecular formula is C20H21F2NO4. The highest BCUT2D eigenvalue weighted by atomic mass is 19.1. The third kappa shape index (κ3) is 3.46. The van der Waals surface area contributed by atoms with Gasteiger partial charge < -0.3 is 15.2 Å². The van der Waals surface area contributed by atoms with Gasteiger partial charge in [-0.2, -0.15) is 0 Å². The monoisotopic (exact) mass is 377 g/mol. The largest absolute Gasteiger partial charge is 0.462 e. The topological polar surface area (TPSA) is 78.6 Å². The molecule has 1 aliphatic carbocycles. The fraction of sp³-hybridized carbons (Fsp3) is 0.400. The molecule has 1 atom stereocenters. The van der Waals surface area contributed by atoms with Crippen LogP contribution in [0.2, 0.25) is 0 Å². The second-order valence-corrected chi connectivity index (χ2v) is 7.48. The first kappa shape index (κ1) is 19.1. The van der Waals surface area contributed by atoms with Gasteiger partial charge in [0.15, 0.2) is 5.78 Å². The Morgan fingerprint density at radius 1 is 1.33 bits per heavy atom. The van der Waals surface area contributed by atoms with Gasteiger partial charge in [0.2, 0.25) is 5.88 Å². The maximum atomic E-state index is 14.6. The predicted molar refractivity (Wildman–Crippen MR) is 93.1 cm³/mol. The normalized spacial score (nSPS) is 21.7. The van der Waals surface area contributed by atoms with E-state index in [2.05, 4.69) is 0 Å². The minimum Gasteiger partial charge on any atom is -0.462 e. The molecule has 1 aromatic rings. The number of ketones is 1. The van der Waals surface area contributed by atoms with Crippen molar-refractivity contribution >= 4 is 11.8 Å². The molecular weight excluding hydrogens is 356 g/mol. The van der Waals surface area contributed by atoms with Gasteiger partial charge in [0, 0.05) is 30.0 Å². The Labute approximate surface area is 155 Å². The molecule has 0 saturated carbocycles. The van der Waals surface area contributed by atoms with Gasteiger partial charge in [-0.3, -0.25) is 4.79 Å². The van der Waals surface area contributed by atoms with Crippen molar-refractivity contribution in [2.75, 3.05) is 6.61 Å². The maximum Gasteiger partial charge on any atom is 0.340 e. The molecule has 0 fully saturated rings. The number of hydrogen-bond acceptors (Lipinski definition) is 5. The van der Waals surface area contributed by atoms with Crippen LogP contribution in [0.3, 0.4) is 0 Å². The molecule has 1 aromatic carbocycles. The number of hydrogen-bond donors (Lipinski definition) is 1. The summed E-state index contributed by atoms with van der Waals surface area (Å²) in [4.78, 5) is 25.4. The summed E-state index contributed by atoms with van der Waals surface area (Å²) in [5.74, 6) is -3.71. The summed E-state index contributed by atoms with van der Waals surface area (Å²) in [7, 11) is 0. The first-order valence-corrected chi connectivity index (χ1v) is 8.70. The average molecular weight is 377 g/mol. The molecule has 0 saturated heterocycles.